The number of carbonyl (C=O) groups excluding carboxylic acids is 1. The molecule has 1 aliphatic rings. The van der Waals surface area contributed by atoms with Crippen LogP contribution in [0.5, 0.6) is 11.5 Å². The third-order valence-corrected chi connectivity index (χ3v) is 4.42. The zero-order valence-electron chi connectivity index (χ0n) is 15.6. The first-order valence-corrected chi connectivity index (χ1v) is 8.94. The number of rotatable bonds is 6. The first-order chi connectivity index (χ1) is 13.0. The summed E-state index contributed by atoms with van der Waals surface area (Å²) in [4.78, 5) is 16.7. The summed E-state index contributed by atoms with van der Waals surface area (Å²) in [5.41, 5.74) is 1.76. The first kappa shape index (κ1) is 19.0. The molecule has 9 heteroatoms. The first-order valence-electron chi connectivity index (χ1n) is 8.56. The molecule has 0 bridgehead atoms. The van der Waals surface area contributed by atoms with Gasteiger partial charge in [0.25, 0.3) is 0 Å². The number of esters is 1. The molecule has 27 heavy (non-hydrogen) atoms. The minimum atomic E-state index is -0.566. The fourth-order valence-corrected chi connectivity index (χ4v) is 3.34. The summed E-state index contributed by atoms with van der Waals surface area (Å²) in [5.74, 6) is 1.03. The molecular weight excluding hydrogens is 372 g/mol. The second kappa shape index (κ2) is 7.87. The van der Waals surface area contributed by atoms with Gasteiger partial charge in [-0.2, -0.15) is 10.1 Å². The number of aromatic nitrogens is 3. The number of halogens is 1. The van der Waals surface area contributed by atoms with Crippen LogP contribution in [0.1, 0.15) is 32.4 Å². The quantitative estimate of drug-likeness (QED) is 0.755. The Bertz CT molecular complexity index is 893. The summed E-state index contributed by atoms with van der Waals surface area (Å²) in [6.07, 6.45) is 1.42. The van der Waals surface area contributed by atoms with Gasteiger partial charge in [-0.05, 0) is 38.5 Å². The molecule has 0 saturated heterocycles. The summed E-state index contributed by atoms with van der Waals surface area (Å²) in [5, 5.41) is 7.72. The van der Waals surface area contributed by atoms with Gasteiger partial charge in [0.1, 0.15) is 12.4 Å². The molecule has 1 unspecified atom stereocenters. The Hall–Kier alpha value is -2.74. The Balaban J connectivity index is 2.19. The van der Waals surface area contributed by atoms with Crippen molar-refractivity contribution < 1.29 is 19.0 Å². The van der Waals surface area contributed by atoms with E-state index >= 15 is 0 Å². The van der Waals surface area contributed by atoms with Crippen molar-refractivity contribution in [3.05, 3.63) is 40.3 Å². The van der Waals surface area contributed by atoms with Crippen molar-refractivity contribution >= 4 is 23.5 Å². The lowest BCUT2D eigenvalue weighted by Gasteiger charge is -2.28. The molecule has 0 amide bonds. The van der Waals surface area contributed by atoms with E-state index in [0.29, 0.717) is 52.5 Å². The number of methoxy groups -OCH3 is 1. The van der Waals surface area contributed by atoms with E-state index in [1.165, 1.54) is 13.4 Å². The normalized spacial score (nSPS) is 15.8. The van der Waals surface area contributed by atoms with E-state index in [1.54, 1.807) is 23.7 Å². The molecule has 3 rings (SSSR count). The number of anilines is 1. The topological polar surface area (TPSA) is 87.5 Å². The van der Waals surface area contributed by atoms with Crippen molar-refractivity contribution in [1.29, 1.82) is 0 Å². The molecule has 0 fully saturated rings. The second-order valence-corrected chi connectivity index (χ2v) is 6.19. The van der Waals surface area contributed by atoms with Crippen LogP contribution < -0.4 is 14.8 Å². The maximum atomic E-state index is 12.5. The minimum Gasteiger partial charge on any atom is -0.490 e. The summed E-state index contributed by atoms with van der Waals surface area (Å²) in [7, 11) is 1.34. The van der Waals surface area contributed by atoms with Crippen LogP contribution in [-0.2, 0) is 9.53 Å². The molecule has 1 atom stereocenters. The van der Waals surface area contributed by atoms with Gasteiger partial charge in [-0.1, -0.05) is 11.6 Å². The van der Waals surface area contributed by atoms with Crippen molar-refractivity contribution in [2.45, 2.75) is 26.8 Å². The molecule has 0 spiro atoms. The predicted octanol–water partition coefficient (Wildman–Crippen LogP) is 3.19. The van der Waals surface area contributed by atoms with E-state index in [4.69, 9.17) is 25.8 Å². The maximum Gasteiger partial charge on any atom is 0.338 e. The van der Waals surface area contributed by atoms with E-state index in [0.717, 1.165) is 0 Å². The van der Waals surface area contributed by atoms with Crippen molar-refractivity contribution in [2.75, 3.05) is 25.6 Å². The van der Waals surface area contributed by atoms with Gasteiger partial charge in [-0.3, -0.25) is 0 Å². The van der Waals surface area contributed by atoms with Crippen LogP contribution in [0, 0.1) is 0 Å². The van der Waals surface area contributed by atoms with Crippen LogP contribution in [-0.4, -0.2) is 41.1 Å². The average Bonchev–Trinajstić information content (AvgIpc) is 3.10. The smallest absolute Gasteiger partial charge is 0.338 e. The van der Waals surface area contributed by atoms with Crippen LogP contribution in [0.25, 0.3) is 0 Å². The summed E-state index contributed by atoms with van der Waals surface area (Å²) >= 11 is 6.47. The number of fused-ring (bicyclic) bond motifs is 1. The van der Waals surface area contributed by atoms with Gasteiger partial charge in [-0.15, -0.1) is 0 Å². The monoisotopic (exact) mass is 392 g/mol. The number of nitrogens with zero attached hydrogens (tertiary/aromatic N) is 3. The molecule has 0 radical (unpaired) electrons. The zero-order valence-corrected chi connectivity index (χ0v) is 16.3. The molecule has 1 aromatic heterocycles. The van der Waals surface area contributed by atoms with Gasteiger partial charge in [-0.25, -0.2) is 9.48 Å². The van der Waals surface area contributed by atoms with E-state index < -0.39 is 12.0 Å². The van der Waals surface area contributed by atoms with E-state index in [2.05, 4.69) is 15.4 Å². The number of ether oxygens (including phenoxy) is 3. The van der Waals surface area contributed by atoms with Gasteiger partial charge in [0, 0.05) is 5.70 Å². The Morgan fingerprint density at radius 3 is 2.70 bits per heavy atom. The summed E-state index contributed by atoms with van der Waals surface area (Å²) in [6.45, 7) is 6.43. The Morgan fingerprint density at radius 1 is 1.30 bits per heavy atom. The maximum absolute atomic E-state index is 12.5. The molecule has 2 aromatic rings. The molecule has 2 heterocycles. The van der Waals surface area contributed by atoms with E-state index in [1.807, 2.05) is 13.8 Å². The summed E-state index contributed by atoms with van der Waals surface area (Å²) < 4.78 is 17.9. The van der Waals surface area contributed by atoms with Crippen LogP contribution >= 0.6 is 11.6 Å². The second-order valence-electron chi connectivity index (χ2n) is 5.78. The Morgan fingerprint density at radius 2 is 2.04 bits per heavy atom. The standard InChI is InChI=1S/C18H21ClN4O4/c1-5-26-13-8-11(7-12(19)16(13)27-6-2)15-14(17(24)25-4)10(3)22-18-20-9-21-23(15)18/h7-9,15H,5-6H2,1-4H3,(H,20,21,22). The molecule has 1 N–H and O–H groups in total. The van der Waals surface area contributed by atoms with E-state index in [-0.39, 0.29) is 0 Å². The number of hydrogen-bond acceptors (Lipinski definition) is 7. The van der Waals surface area contributed by atoms with Crippen molar-refractivity contribution in [2.24, 2.45) is 0 Å². The third-order valence-electron chi connectivity index (χ3n) is 4.14. The largest absolute Gasteiger partial charge is 0.490 e. The fourth-order valence-electron chi connectivity index (χ4n) is 3.07. The average molecular weight is 393 g/mol. The highest BCUT2D eigenvalue weighted by atomic mass is 35.5. The van der Waals surface area contributed by atoms with E-state index in [9.17, 15) is 4.79 Å². The van der Waals surface area contributed by atoms with Crippen LogP contribution in [0.3, 0.4) is 0 Å². The van der Waals surface area contributed by atoms with Crippen molar-refractivity contribution in [3.8, 4) is 11.5 Å². The Labute approximate surface area is 162 Å². The lowest BCUT2D eigenvalue weighted by Crippen LogP contribution is -2.29. The lowest BCUT2D eigenvalue weighted by molar-refractivity contribution is -0.136. The predicted molar refractivity (Wildman–Crippen MR) is 100 cm³/mol. The molecular formula is C18H21ClN4O4. The Kier molecular flexibility index (Phi) is 5.55. The molecule has 1 aliphatic heterocycles. The zero-order chi connectivity index (χ0) is 19.6. The molecule has 0 aliphatic carbocycles. The minimum absolute atomic E-state index is 0.389. The summed E-state index contributed by atoms with van der Waals surface area (Å²) in [6, 6.07) is 2.98. The van der Waals surface area contributed by atoms with Gasteiger partial charge in [0.05, 0.1) is 30.9 Å². The highest BCUT2D eigenvalue weighted by Gasteiger charge is 2.35. The number of hydrogen-bond donors (Lipinski definition) is 1. The fraction of sp³-hybridized carbons (Fsp3) is 0.389. The molecule has 8 nitrogen and oxygen atoms in total. The molecule has 0 saturated carbocycles. The number of allylic oxidation sites excluding steroid dienone is 1. The van der Waals surface area contributed by atoms with Gasteiger partial charge < -0.3 is 19.5 Å². The van der Waals surface area contributed by atoms with Crippen LogP contribution in [0.4, 0.5) is 5.95 Å². The van der Waals surface area contributed by atoms with Crippen LogP contribution in [0.15, 0.2) is 29.7 Å². The van der Waals surface area contributed by atoms with Crippen molar-refractivity contribution in [3.63, 3.8) is 0 Å². The third kappa shape index (κ3) is 3.44. The number of nitrogens with one attached hydrogen (secondary N) is 1. The van der Waals surface area contributed by atoms with Gasteiger partial charge in [0.15, 0.2) is 11.5 Å². The molecule has 144 valence electrons. The lowest BCUT2D eigenvalue weighted by atomic mass is 9.95. The van der Waals surface area contributed by atoms with Gasteiger partial charge in [0.2, 0.25) is 5.95 Å². The number of benzene rings is 1. The highest BCUT2D eigenvalue weighted by molar-refractivity contribution is 6.32. The SMILES string of the molecule is CCOc1cc(C2C(C(=O)OC)=C(C)Nc3ncnn32)cc(Cl)c1OCC. The highest BCUT2D eigenvalue weighted by Crippen LogP contribution is 2.42. The van der Waals surface area contributed by atoms with Gasteiger partial charge >= 0.3 is 5.97 Å². The molecule has 1 aromatic carbocycles. The van der Waals surface area contributed by atoms with Crippen molar-refractivity contribution in [1.82, 2.24) is 14.8 Å². The number of carbonyl (C=O) groups is 1. The van der Waals surface area contributed by atoms with Crippen LogP contribution in [0.2, 0.25) is 5.02 Å².